The second kappa shape index (κ2) is 5.46. The van der Waals surface area contributed by atoms with Crippen molar-refractivity contribution >= 4 is 16.7 Å². The van der Waals surface area contributed by atoms with E-state index in [4.69, 9.17) is 0 Å². The molecule has 0 aromatic heterocycles. The van der Waals surface area contributed by atoms with Crippen molar-refractivity contribution in [2.24, 2.45) is 5.92 Å². The summed E-state index contributed by atoms with van der Waals surface area (Å²) in [5, 5.41) is 5.95. The summed E-state index contributed by atoms with van der Waals surface area (Å²) in [5.41, 5.74) is 0. The SMILES string of the molecule is CC1CCNC1C(=O)NCCS(C)=O. The van der Waals surface area contributed by atoms with Gasteiger partial charge in [-0.15, -0.1) is 0 Å². The van der Waals surface area contributed by atoms with Crippen molar-refractivity contribution in [2.45, 2.75) is 19.4 Å². The first-order chi connectivity index (χ1) is 6.61. The molecular formula is C9H18N2O2S. The number of carbonyl (C=O) groups is 1. The molecule has 0 spiro atoms. The largest absolute Gasteiger partial charge is 0.354 e. The first-order valence-corrected chi connectivity index (χ1v) is 6.65. The third-order valence-electron chi connectivity index (χ3n) is 2.50. The molecule has 2 N–H and O–H groups in total. The van der Waals surface area contributed by atoms with Crippen molar-refractivity contribution in [1.29, 1.82) is 0 Å². The molecular weight excluding hydrogens is 200 g/mol. The fraction of sp³-hybridized carbons (Fsp3) is 0.889. The Labute approximate surface area is 87.3 Å². The lowest BCUT2D eigenvalue weighted by Gasteiger charge is -2.14. The van der Waals surface area contributed by atoms with Crippen LogP contribution in [0.25, 0.3) is 0 Å². The van der Waals surface area contributed by atoms with Crippen LogP contribution >= 0.6 is 0 Å². The van der Waals surface area contributed by atoms with Crippen LogP contribution in [0.4, 0.5) is 0 Å². The molecule has 1 fully saturated rings. The van der Waals surface area contributed by atoms with Crippen molar-refractivity contribution in [1.82, 2.24) is 10.6 Å². The van der Waals surface area contributed by atoms with E-state index >= 15 is 0 Å². The first kappa shape index (κ1) is 11.7. The first-order valence-electron chi connectivity index (χ1n) is 4.92. The molecule has 1 amide bonds. The quantitative estimate of drug-likeness (QED) is 0.667. The molecule has 1 saturated heterocycles. The van der Waals surface area contributed by atoms with Gasteiger partial charge in [-0.25, -0.2) is 0 Å². The van der Waals surface area contributed by atoms with Crippen LogP contribution in [0, 0.1) is 5.92 Å². The summed E-state index contributed by atoms with van der Waals surface area (Å²) in [6, 6.07) is -0.0553. The highest BCUT2D eigenvalue weighted by atomic mass is 32.2. The van der Waals surface area contributed by atoms with Crippen LogP contribution in [-0.2, 0) is 15.6 Å². The maximum atomic E-state index is 11.6. The molecule has 1 aliphatic heterocycles. The average molecular weight is 218 g/mol. The molecule has 0 saturated carbocycles. The van der Waals surface area contributed by atoms with E-state index in [-0.39, 0.29) is 11.9 Å². The monoisotopic (exact) mass is 218 g/mol. The fourth-order valence-electron chi connectivity index (χ4n) is 1.61. The van der Waals surface area contributed by atoms with Gasteiger partial charge in [0.05, 0.1) is 6.04 Å². The molecule has 1 heterocycles. The predicted octanol–water partition coefficient (Wildman–Crippen LogP) is -0.521. The zero-order valence-electron chi connectivity index (χ0n) is 8.71. The molecule has 1 rings (SSSR count). The number of nitrogens with one attached hydrogen (secondary N) is 2. The van der Waals surface area contributed by atoms with Gasteiger partial charge in [-0.05, 0) is 18.9 Å². The Balaban J connectivity index is 2.24. The van der Waals surface area contributed by atoms with Gasteiger partial charge in [-0.3, -0.25) is 9.00 Å². The van der Waals surface area contributed by atoms with Gasteiger partial charge in [-0.1, -0.05) is 6.92 Å². The molecule has 3 unspecified atom stereocenters. The Morgan fingerprint density at radius 2 is 2.36 bits per heavy atom. The maximum absolute atomic E-state index is 11.6. The zero-order chi connectivity index (χ0) is 10.6. The topological polar surface area (TPSA) is 58.2 Å². The highest BCUT2D eigenvalue weighted by Gasteiger charge is 2.28. The van der Waals surface area contributed by atoms with Crippen LogP contribution in [0.2, 0.25) is 0 Å². The van der Waals surface area contributed by atoms with Gasteiger partial charge in [0, 0.05) is 29.4 Å². The fourth-order valence-corrected chi connectivity index (χ4v) is 2.00. The van der Waals surface area contributed by atoms with E-state index in [1.165, 1.54) is 0 Å². The third-order valence-corrected chi connectivity index (χ3v) is 3.28. The second-order valence-electron chi connectivity index (χ2n) is 3.77. The summed E-state index contributed by atoms with van der Waals surface area (Å²) in [7, 11) is -0.827. The van der Waals surface area contributed by atoms with E-state index in [1.807, 2.05) is 0 Å². The number of amides is 1. The van der Waals surface area contributed by atoms with Gasteiger partial charge in [-0.2, -0.15) is 0 Å². The smallest absolute Gasteiger partial charge is 0.237 e. The lowest BCUT2D eigenvalue weighted by molar-refractivity contribution is -0.123. The summed E-state index contributed by atoms with van der Waals surface area (Å²) in [6.07, 6.45) is 2.69. The van der Waals surface area contributed by atoms with E-state index < -0.39 is 10.8 Å². The molecule has 82 valence electrons. The molecule has 1 aliphatic rings. The Morgan fingerprint density at radius 1 is 1.64 bits per heavy atom. The molecule has 0 aromatic rings. The summed E-state index contributed by atoms with van der Waals surface area (Å²) < 4.78 is 10.8. The van der Waals surface area contributed by atoms with Crippen molar-refractivity contribution in [3.05, 3.63) is 0 Å². The average Bonchev–Trinajstić information content (AvgIpc) is 2.50. The number of hydrogen-bond acceptors (Lipinski definition) is 3. The van der Waals surface area contributed by atoms with E-state index in [9.17, 15) is 9.00 Å². The Morgan fingerprint density at radius 3 is 2.86 bits per heavy atom. The van der Waals surface area contributed by atoms with Gasteiger partial charge in [0.25, 0.3) is 0 Å². The van der Waals surface area contributed by atoms with Crippen molar-refractivity contribution in [3.63, 3.8) is 0 Å². The summed E-state index contributed by atoms with van der Waals surface area (Å²) in [4.78, 5) is 11.6. The lowest BCUT2D eigenvalue weighted by atomic mass is 10.0. The van der Waals surface area contributed by atoms with Crippen LogP contribution in [0.3, 0.4) is 0 Å². The van der Waals surface area contributed by atoms with Crippen LogP contribution in [0.1, 0.15) is 13.3 Å². The van der Waals surface area contributed by atoms with Crippen LogP contribution < -0.4 is 10.6 Å². The normalized spacial score (nSPS) is 28.7. The Hall–Kier alpha value is -0.420. The van der Waals surface area contributed by atoms with Gasteiger partial charge in [0.1, 0.15) is 0 Å². The molecule has 0 aromatic carbocycles. The summed E-state index contributed by atoms with van der Waals surface area (Å²) in [6.45, 7) is 3.49. The van der Waals surface area contributed by atoms with Crippen LogP contribution in [0.15, 0.2) is 0 Å². The molecule has 5 heteroatoms. The second-order valence-corrected chi connectivity index (χ2v) is 5.32. The number of hydrogen-bond donors (Lipinski definition) is 2. The summed E-state index contributed by atoms with van der Waals surface area (Å²) >= 11 is 0. The predicted molar refractivity (Wildman–Crippen MR) is 57.5 cm³/mol. The lowest BCUT2D eigenvalue weighted by Crippen LogP contribution is -2.44. The van der Waals surface area contributed by atoms with Crippen LogP contribution in [-0.4, -0.2) is 41.3 Å². The molecule has 0 aliphatic carbocycles. The molecule has 3 atom stereocenters. The maximum Gasteiger partial charge on any atom is 0.237 e. The number of rotatable bonds is 4. The molecule has 4 nitrogen and oxygen atoms in total. The Kier molecular flexibility index (Phi) is 4.54. The molecule has 0 radical (unpaired) electrons. The van der Waals surface area contributed by atoms with E-state index in [2.05, 4.69) is 17.6 Å². The minimum absolute atomic E-state index is 0.0421. The van der Waals surface area contributed by atoms with Crippen molar-refractivity contribution < 1.29 is 9.00 Å². The molecule has 0 bridgehead atoms. The summed E-state index contributed by atoms with van der Waals surface area (Å²) in [5.74, 6) is 0.981. The highest BCUT2D eigenvalue weighted by molar-refractivity contribution is 7.84. The zero-order valence-corrected chi connectivity index (χ0v) is 9.52. The number of carbonyl (C=O) groups excluding carboxylic acids is 1. The third kappa shape index (κ3) is 3.38. The van der Waals surface area contributed by atoms with Gasteiger partial charge in [0.15, 0.2) is 0 Å². The van der Waals surface area contributed by atoms with E-state index in [1.54, 1.807) is 6.26 Å². The molecule has 14 heavy (non-hydrogen) atoms. The standard InChI is InChI=1S/C9H18N2O2S/c1-7-3-4-10-8(7)9(12)11-5-6-14(2)13/h7-8,10H,3-6H2,1-2H3,(H,11,12). The van der Waals surface area contributed by atoms with E-state index in [0.29, 0.717) is 18.2 Å². The minimum Gasteiger partial charge on any atom is -0.354 e. The van der Waals surface area contributed by atoms with Crippen molar-refractivity contribution in [2.75, 3.05) is 25.1 Å². The highest BCUT2D eigenvalue weighted by Crippen LogP contribution is 2.13. The van der Waals surface area contributed by atoms with E-state index in [0.717, 1.165) is 13.0 Å². The Bertz CT molecular complexity index is 233. The van der Waals surface area contributed by atoms with Gasteiger partial charge < -0.3 is 10.6 Å². The van der Waals surface area contributed by atoms with Gasteiger partial charge >= 0.3 is 0 Å². The minimum atomic E-state index is -0.827. The van der Waals surface area contributed by atoms with Crippen LogP contribution in [0.5, 0.6) is 0 Å². The van der Waals surface area contributed by atoms with Gasteiger partial charge in [0.2, 0.25) is 5.91 Å². The van der Waals surface area contributed by atoms with Crippen molar-refractivity contribution in [3.8, 4) is 0 Å².